The summed E-state index contributed by atoms with van der Waals surface area (Å²) in [5, 5.41) is 10.3. The Kier molecular flexibility index (Phi) is 4.62. The summed E-state index contributed by atoms with van der Waals surface area (Å²) >= 11 is 0. The fourth-order valence-corrected chi connectivity index (χ4v) is 10.0. The molecule has 2 heterocycles. The van der Waals surface area contributed by atoms with Gasteiger partial charge in [-0.1, -0.05) is 27.7 Å². The number of ketones is 1. The maximum atomic E-state index is 13.3. The molecule has 4 saturated carbocycles. The average Bonchev–Trinajstić information content (AvgIpc) is 3.17. The van der Waals surface area contributed by atoms with Crippen molar-refractivity contribution < 1.29 is 19.4 Å². The first-order chi connectivity index (χ1) is 14.7. The largest absolute Gasteiger partial charge is 0.393 e. The van der Waals surface area contributed by atoms with Crippen LogP contribution in [0.25, 0.3) is 0 Å². The van der Waals surface area contributed by atoms with Gasteiger partial charge in [0.15, 0.2) is 5.79 Å². The zero-order chi connectivity index (χ0) is 21.8. The number of hydrogen-bond donors (Lipinski definition) is 1. The Hall–Kier alpha value is -0.450. The lowest BCUT2D eigenvalue weighted by Gasteiger charge is -2.60. The van der Waals surface area contributed by atoms with Crippen LogP contribution in [0.5, 0.6) is 0 Å². The summed E-state index contributed by atoms with van der Waals surface area (Å²) in [5.74, 6) is 3.53. The van der Waals surface area contributed by atoms with Crippen LogP contribution in [0.3, 0.4) is 0 Å². The number of ether oxygens (including phenoxy) is 2. The predicted octanol–water partition coefficient (Wildman–Crippen LogP) is 4.97. The molecule has 0 bridgehead atoms. The van der Waals surface area contributed by atoms with Gasteiger partial charge in [-0.25, -0.2) is 0 Å². The van der Waals surface area contributed by atoms with Crippen molar-refractivity contribution in [3.05, 3.63) is 0 Å². The molecule has 1 spiro atoms. The fourth-order valence-electron chi connectivity index (χ4n) is 10.0. The van der Waals surface area contributed by atoms with Crippen LogP contribution in [-0.2, 0) is 14.3 Å². The number of rotatable bonds is 0. The molecular weight excluding hydrogens is 388 g/mol. The number of fused-ring (bicyclic) bond motifs is 7. The van der Waals surface area contributed by atoms with E-state index in [9.17, 15) is 9.90 Å². The van der Waals surface area contributed by atoms with Crippen molar-refractivity contribution in [2.24, 2.45) is 52.3 Å². The summed E-state index contributed by atoms with van der Waals surface area (Å²) in [6, 6.07) is 0. The Bertz CT molecular complexity index is 756. The van der Waals surface area contributed by atoms with Crippen molar-refractivity contribution in [3.63, 3.8) is 0 Å². The molecular formula is C27H42O4. The molecule has 174 valence electrons. The van der Waals surface area contributed by atoms with Gasteiger partial charge in [0.2, 0.25) is 0 Å². The highest BCUT2D eigenvalue weighted by molar-refractivity contribution is 5.83. The van der Waals surface area contributed by atoms with E-state index in [2.05, 4.69) is 27.7 Å². The topological polar surface area (TPSA) is 55.8 Å². The van der Waals surface area contributed by atoms with E-state index in [-0.39, 0.29) is 28.6 Å². The van der Waals surface area contributed by atoms with Crippen LogP contribution in [0.2, 0.25) is 0 Å². The molecule has 0 aromatic rings. The lowest BCUT2D eigenvalue weighted by molar-refractivity contribution is -0.273. The Morgan fingerprint density at radius 2 is 1.74 bits per heavy atom. The molecule has 4 aliphatic carbocycles. The third-order valence-corrected chi connectivity index (χ3v) is 11.7. The minimum atomic E-state index is -0.356. The molecule has 12 atom stereocenters. The molecule has 6 aliphatic rings. The molecule has 2 unspecified atom stereocenters. The quantitative estimate of drug-likeness (QED) is 0.589. The lowest BCUT2D eigenvalue weighted by Crippen LogP contribution is -2.57. The molecule has 0 aromatic carbocycles. The average molecular weight is 431 g/mol. The molecule has 4 nitrogen and oxygen atoms in total. The van der Waals surface area contributed by atoms with E-state index < -0.39 is 0 Å². The van der Waals surface area contributed by atoms with Crippen LogP contribution in [0, 0.1) is 52.3 Å². The van der Waals surface area contributed by atoms with Gasteiger partial charge < -0.3 is 14.6 Å². The number of carbonyl (C=O) groups excluding carboxylic acids is 1. The van der Waals surface area contributed by atoms with Gasteiger partial charge in [-0.15, -0.1) is 0 Å². The minimum Gasteiger partial charge on any atom is -0.393 e. The minimum absolute atomic E-state index is 0.0823. The molecule has 6 fully saturated rings. The monoisotopic (exact) mass is 430 g/mol. The van der Waals surface area contributed by atoms with E-state index >= 15 is 0 Å². The third kappa shape index (κ3) is 2.74. The van der Waals surface area contributed by atoms with Crippen molar-refractivity contribution in [1.82, 2.24) is 0 Å². The zero-order valence-corrected chi connectivity index (χ0v) is 19.9. The first-order valence-corrected chi connectivity index (χ1v) is 13.2. The highest BCUT2D eigenvalue weighted by Crippen LogP contribution is 2.71. The first kappa shape index (κ1) is 21.1. The standard InChI is InChI=1S/C27H42O4/c1-15-5-10-27(30-14-15)16(2)24-23(31-27)13-20-18-12-22(29)21-11-17(28)6-8-25(21,3)19(18)7-9-26(20,24)4/h15-21,23-24,28H,5-14H2,1-4H3/t15-,16-,17-,18+,19-,20-,21+,23?,24?,25+,26-,27+/m0/s1. The summed E-state index contributed by atoms with van der Waals surface area (Å²) in [4.78, 5) is 13.3. The van der Waals surface area contributed by atoms with E-state index in [4.69, 9.17) is 9.47 Å². The molecule has 31 heavy (non-hydrogen) atoms. The molecule has 2 saturated heterocycles. The highest BCUT2D eigenvalue weighted by Gasteiger charge is 2.69. The van der Waals surface area contributed by atoms with Gasteiger partial charge >= 0.3 is 0 Å². The van der Waals surface area contributed by atoms with Crippen molar-refractivity contribution in [2.75, 3.05) is 6.61 Å². The number of carbonyl (C=O) groups is 1. The first-order valence-electron chi connectivity index (χ1n) is 13.2. The molecule has 6 rings (SSSR count). The number of Topliss-reactive ketones (excluding diaryl/α,β-unsaturated/α-hetero) is 1. The Morgan fingerprint density at radius 3 is 2.48 bits per heavy atom. The van der Waals surface area contributed by atoms with E-state index in [0.29, 0.717) is 53.8 Å². The van der Waals surface area contributed by atoms with E-state index in [1.807, 2.05) is 0 Å². The maximum absolute atomic E-state index is 13.3. The molecule has 1 N–H and O–H groups in total. The maximum Gasteiger partial charge on any atom is 0.171 e. The van der Waals surface area contributed by atoms with Gasteiger partial charge in [0, 0.05) is 24.7 Å². The molecule has 0 radical (unpaired) electrons. The van der Waals surface area contributed by atoms with E-state index in [1.165, 1.54) is 19.3 Å². The number of aliphatic hydroxyl groups excluding tert-OH is 1. The van der Waals surface area contributed by atoms with Gasteiger partial charge in [-0.05, 0) is 85.4 Å². The van der Waals surface area contributed by atoms with Crippen LogP contribution < -0.4 is 0 Å². The van der Waals surface area contributed by atoms with Gasteiger partial charge in [0.25, 0.3) is 0 Å². The zero-order valence-electron chi connectivity index (χ0n) is 19.9. The van der Waals surface area contributed by atoms with Crippen molar-refractivity contribution in [1.29, 1.82) is 0 Å². The van der Waals surface area contributed by atoms with Gasteiger partial charge in [0.1, 0.15) is 5.78 Å². The summed E-state index contributed by atoms with van der Waals surface area (Å²) in [6.07, 6.45) is 9.21. The third-order valence-electron chi connectivity index (χ3n) is 11.7. The molecule has 0 amide bonds. The van der Waals surface area contributed by atoms with Gasteiger partial charge in [0.05, 0.1) is 18.8 Å². The van der Waals surface area contributed by atoms with Crippen molar-refractivity contribution in [3.8, 4) is 0 Å². The summed E-state index contributed by atoms with van der Waals surface area (Å²) < 4.78 is 13.3. The number of hydrogen-bond acceptors (Lipinski definition) is 4. The Morgan fingerprint density at radius 1 is 0.968 bits per heavy atom. The molecule has 2 aliphatic heterocycles. The van der Waals surface area contributed by atoms with Crippen molar-refractivity contribution in [2.45, 2.75) is 103 Å². The van der Waals surface area contributed by atoms with Crippen LogP contribution in [0.15, 0.2) is 0 Å². The van der Waals surface area contributed by atoms with Gasteiger partial charge in [-0.2, -0.15) is 0 Å². The van der Waals surface area contributed by atoms with E-state index in [1.54, 1.807) is 0 Å². The molecule has 4 heteroatoms. The van der Waals surface area contributed by atoms with Gasteiger partial charge in [-0.3, -0.25) is 4.79 Å². The second-order valence-electron chi connectivity index (χ2n) is 13.1. The van der Waals surface area contributed by atoms with Crippen LogP contribution in [0.1, 0.15) is 85.5 Å². The Balaban J connectivity index is 1.28. The Labute approximate surface area is 187 Å². The normalized spacial score (nSPS) is 60.9. The van der Waals surface area contributed by atoms with Crippen molar-refractivity contribution >= 4 is 5.78 Å². The van der Waals surface area contributed by atoms with Crippen LogP contribution >= 0.6 is 0 Å². The highest BCUT2D eigenvalue weighted by atomic mass is 16.7. The smallest absolute Gasteiger partial charge is 0.171 e. The van der Waals surface area contributed by atoms with Crippen LogP contribution in [-0.4, -0.2) is 35.5 Å². The van der Waals surface area contributed by atoms with Crippen LogP contribution in [0.4, 0.5) is 0 Å². The summed E-state index contributed by atoms with van der Waals surface area (Å²) in [5.41, 5.74) is 0.355. The SMILES string of the molecule is C[C@H]1CC[C@@]2(OC1)OC1C[C@H]3[C@@H]4CC(=O)[C@H]5C[C@@H](O)CC[C@]5(C)[C@H]4CC[C@]3(C)C1[C@@H]2C. The summed E-state index contributed by atoms with van der Waals surface area (Å²) in [6.45, 7) is 10.4. The fraction of sp³-hybridized carbons (Fsp3) is 0.963. The lowest BCUT2D eigenvalue weighted by atomic mass is 9.44. The summed E-state index contributed by atoms with van der Waals surface area (Å²) in [7, 11) is 0. The number of aliphatic hydroxyl groups is 1. The second kappa shape index (κ2) is 6.79. The predicted molar refractivity (Wildman–Crippen MR) is 118 cm³/mol. The van der Waals surface area contributed by atoms with E-state index in [0.717, 1.165) is 38.7 Å². The molecule has 0 aromatic heterocycles. The second-order valence-corrected chi connectivity index (χ2v) is 13.1.